The maximum atomic E-state index is 13.5. The number of nitrogens with one attached hydrogen (secondary N) is 1. The van der Waals surface area contributed by atoms with Gasteiger partial charge in [-0.05, 0) is 47.8 Å². The molecule has 0 aromatic heterocycles. The van der Waals surface area contributed by atoms with Crippen LogP contribution in [0.5, 0.6) is 5.75 Å². The molecule has 200 valence electrons. The summed E-state index contributed by atoms with van der Waals surface area (Å²) in [4.78, 5) is 50.5. The van der Waals surface area contributed by atoms with Crippen molar-refractivity contribution in [2.45, 2.75) is 58.3 Å². The Morgan fingerprint density at radius 2 is 1.86 bits per heavy atom. The summed E-state index contributed by atoms with van der Waals surface area (Å²) in [7, 11) is 0. The van der Waals surface area contributed by atoms with Crippen molar-refractivity contribution in [2.75, 3.05) is 6.61 Å². The second-order valence-corrected chi connectivity index (χ2v) is 11.3. The second kappa shape index (κ2) is 9.14. The molecule has 1 aromatic carbocycles. The van der Waals surface area contributed by atoms with Gasteiger partial charge in [0.1, 0.15) is 17.4 Å². The number of aliphatic hydroxyl groups excluding tert-OH is 2. The van der Waals surface area contributed by atoms with Gasteiger partial charge in [-0.25, -0.2) is 4.79 Å². The highest BCUT2D eigenvalue weighted by atomic mass is 16.5. The molecule has 3 aliphatic rings. The number of carbonyl (C=O) groups is 4. The number of Topliss-reactive ketones (excluding diaryl/α,β-unsaturated/α-hetero) is 2. The molecule has 1 saturated carbocycles. The summed E-state index contributed by atoms with van der Waals surface area (Å²) in [5, 5.41) is 45.9. The number of aliphatic hydroxyl groups is 3. The number of alkyl carbamates (subject to hydrolysis) is 1. The lowest BCUT2D eigenvalue weighted by Gasteiger charge is -2.48. The van der Waals surface area contributed by atoms with E-state index in [-0.39, 0.29) is 54.7 Å². The zero-order valence-electron chi connectivity index (χ0n) is 20.9. The molecule has 1 fully saturated rings. The molecule has 5 atom stereocenters. The molecule has 0 aliphatic heterocycles. The summed E-state index contributed by atoms with van der Waals surface area (Å²) >= 11 is 0. The number of phenols is 1. The molecule has 2 unspecified atom stereocenters. The van der Waals surface area contributed by atoms with Crippen molar-refractivity contribution in [1.82, 2.24) is 5.32 Å². The molecule has 0 saturated heterocycles. The Hall–Kier alpha value is -3.44. The summed E-state index contributed by atoms with van der Waals surface area (Å²) in [6, 6.07) is 2.86. The molecule has 0 bridgehead atoms. The maximum Gasteiger partial charge on any atom is 0.407 e. The molecule has 0 spiro atoms. The fourth-order valence-corrected chi connectivity index (χ4v) is 5.66. The van der Waals surface area contributed by atoms with Gasteiger partial charge in [0.2, 0.25) is 5.91 Å². The van der Waals surface area contributed by atoms with Crippen LogP contribution >= 0.6 is 0 Å². The van der Waals surface area contributed by atoms with Crippen molar-refractivity contribution in [3.63, 3.8) is 0 Å². The molecule has 0 radical (unpaired) electrons. The minimum Gasteiger partial charge on any atom is -0.508 e. The van der Waals surface area contributed by atoms with Gasteiger partial charge in [0.05, 0.1) is 18.3 Å². The smallest absolute Gasteiger partial charge is 0.407 e. The van der Waals surface area contributed by atoms with Crippen LogP contribution in [0.4, 0.5) is 4.79 Å². The van der Waals surface area contributed by atoms with Crippen LogP contribution in [-0.4, -0.2) is 62.3 Å². The number of phenolic OH excluding ortho intramolecular Hbond substituents is 1. The number of ether oxygens (including phenoxy) is 1. The number of aromatic hydroxyl groups is 1. The molecule has 7 N–H and O–H groups in total. The number of allylic oxidation sites excluding steroid dienone is 1. The average molecular weight is 517 g/mol. The van der Waals surface area contributed by atoms with Gasteiger partial charge in [0.25, 0.3) is 0 Å². The number of benzene rings is 1. The molecule has 1 aromatic rings. The fourth-order valence-electron chi connectivity index (χ4n) is 5.66. The van der Waals surface area contributed by atoms with Crippen LogP contribution in [0.25, 0.3) is 0 Å². The molecule has 3 aliphatic carbocycles. The van der Waals surface area contributed by atoms with E-state index in [9.17, 15) is 39.6 Å². The monoisotopic (exact) mass is 516 g/mol. The normalized spacial score (nSPS) is 29.2. The number of fused-ring (bicyclic) bond motifs is 3. The van der Waals surface area contributed by atoms with E-state index >= 15 is 0 Å². The number of carbonyl (C=O) groups excluding carboxylic acids is 4. The molecular weight excluding hydrogens is 484 g/mol. The minimum atomic E-state index is -2.55. The van der Waals surface area contributed by atoms with Crippen LogP contribution < -0.4 is 11.1 Å². The first kappa shape index (κ1) is 26.6. The van der Waals surface area contributed by atoms with Gasteiger partial charge in [-0.15, -0.1) is 0 Å². The SMILES string of the molecule is CC(C)(C)COC(=O)NCc1ccc(O)c2c1C[C@H]1C[C@H]3CC(O)C(C(N)=O)C(=O)[C@@]3(O)C(O)=C1C2=O. The summed E-state index contributed by atoms with van der Waals surface area (Å²) in [5.74, 6) is -7.60. The van der Waals surface area contributed by atoms with Crippen molar-refractivity contribution >= 4 is 23.6 Å². The van der Waals surface area contributed by atoms with E-state index in [0.29, 0.717) is 11.1 Å². The van der Waals surface area contributed by atoms with Gasteiger partial charge in [0.15, 0.2) is 17.2 Å². The van der Waals surface area contributed by atoms with Gasteiger partial charge in [-0.1, -0.05) is 26.8 Å². The highest BCUT2D eigenvalue weighted by Crippen LogP contribution is 2.51. The zero-order valence-corrected chi connectivity index (χ0v) is 20.9. The third-order valence-corrected chi connectivity index (χ3v) is 7.43. The Morgan fingerprint density at radius 1 is 1.19 bits per heavy atom. The van der Waals surface area contributed by atoms with E-state index in [4.69, 9.17) is 10.5 Å². The van der Waals surface area contributed by atoms with E-state index in [1.807, 2.05) is 20.8 Å². The number of nitrogens with two attached hydrogens (primary N) is 1. The lowest BCUT2D eigenvalue weighted by Crippen LogP contribution is -2.63. The molecule has 4 rings (SSSR count). The highest BCUT2D eigenvalue weighted by molar-refractivity contribution is 6.15. The first-order chi connectivity index (χ1) is 17.2. The maximum absolute atomic E-state index is 13.5. The van der Waals surface area contributed by atoms with Crippen molar-refractivity contribution in [2.24, 2.45) is 28.9 Å². The predicted molar refractivity (Wildman–Crippen MR) is 128 cm³/mol. The van der Waals surface area contributed by atoms with Gasteiger partial charge in [-0.3, -0.25) is 14.4 Å². The van der Waals surface area contributed by atoms with Crippen LogP contribution in [0.15, 0.2) is 23.5 Å². The van der Waals surface area contributed by atoms with Crippen molar-refractivity contribution in [1.29, 1.82) is 0 Å². The lowest BCUT2D eigenvalue weighted by atomic mass is 9.57. The van der Waals surface area contributed by atoms with Crippen molar-refractivity contribution < 1.29 is 44.3 Å². The Morgan fingerprint density at radius 3 is 2.49 bits per heavy atom. The fraction of sp³-hybridized carbons (Fsp3) is 0.538. The number of hydrogen-bond acceptors (Lipinski definition) is 9. The number of ketones is 2. The van der Waals surface area contributed by atoms with Crippen molar-refractivity contribution in [3.8, 4) is 5.75 Å². The van der Waals surface area contributed by atoms with E-state index < -0.39 is 58.8 Å². The summed E-state index contributed by atoms with van der Waals surface area (Å²) in [6.07, 6.45) is -2.03. The lowest BCUT2D eigenvalue weighted by molar-refractivity contribution is -0.167. The third kappa shape index (κ3) is 4.46. The quantitative estimate of drug-likeness (QED) is 0.316. The first-order valence-electron chi connectivity index (χ1n) is 12.1. The van der Waals surface area contributed by atoms with Crippen LogP contribution in [-0.2, 0) is 27.3 Å². The Kier molecular flexibility index (Phi) is 6.58. The molecule has 37 heavy (non-hydrogen) atoms. The van der Waals surface area contributed by atoms with Crippen LogP contribution in [0.3, 0.4) is 0 Å². The number of rotatable bonds is 4. The Balaban J connectivity index is 1.68. The van der Waals surface area contributed by atoms with E-state index in [2.05, 4.69) is 5.32 Å². The van der Waals surface area contributed by atoms with Crippen LogP contribution in [0, 0.1) is 23.2 Å². The summed E-state index contributed by atoms with van der Waals surface area (Å²) < 4.78 is 5.21. The second-order valence-electron chi connectivity index (χ2n) is 11.3. The van der Waals surface area contributed by atoms with Crippen LogP contribution in [0.1, 0.15) is 55.1 Å². The standard InChI is InChI=1S/C26H32N2O9/c1-25(2,3)10-37-24(35)28-9-11-4-5-15(29)18-14(11)7-12-6-13-8-16(30)19(23(27)34)22(33)26(13,36)21(32)17(12)20(18)31/h4-5,12-13,16,19,29-30,32,36H,6-10H2,1-3H3,(H2,27,34)(H,28,35)/t12-,13+,16?,19?,26+/m1/s1. The molecule has 2 amide bonds. The number of primary amides is 1. The molecule has 0 heterocycles. The topological polar surface area (TPSA) is 196 Å². The Labute approximate surface area is 213 Å². The van der Waals surface area contributed by atoms with Gasteiger partial charge in [0, 0.05) is 18.0 Å². The van der Waals surface area contributed by atoms with Gasteiger partial charge < -0.3 is 36.2 Å². The third-order valence-electron chi connectivity index (χ3n) is 7.43. The van der Waals surface area contributed by atoms with E-state index in [0.717, 1.165) is 0 Å². The Bertz CT molecular complexity index is 1220. The van der Waals surface area contributed by atoms with Gasteiger partial charge in [-0.2, -0.15) is 0 Å². The van der Waals surface area contributed by atoms with Crippen molar-refractivity contribution in [3.05, 3.63) is 40.2 Å². The molecule has 11 heteroatoms. The van der Waals surface area contributed by atoms with E-state index in [1.54, 1.807) is 6.07 Å². The number of hydrogen-bond donors (Lipinski definition) is 6. The largest absolute Gasteiger partial charge is 0.508 e. The first-order valence-corrected chi connectivity index (χ1v) is 12.1. The zero-order chi connectivity index (χ0) is 27.4. The van der Waals surface area contributed by atoms with Gasteiger partial charge >= 0.3 is 6.09 Å². The highest BCUT2D eigenvalue weighted by Gasteiger charge is 2.62. The van der Waals surface area contributed by atoms with Crippen LogP contribution in [0.2, 0.25) is 0 Å². The minimum absolute atomic E-state index is 0.0154. The molecular formula is C26H32N2O9. The molecule has 11 nitrogen and oxygen atoms in total. The number of amides is 2. The summed E-state index contributed by atoms with van der Waals surface area (Å²) in [6.45, 7) is 5.97. The summed E-state index contributed by atoms with van der Waals surface area (Å²) in [5.41, 5.74) is 3.18. The predicted octanol–water partition coefficient (Wildman–Crippen LogP) is 1.02. The average Bonchev–Trinajstić information content (AvgIpc) is 2.78. The van der Waals surface area contributed by atoms with E-state index in [1.165, 1.54) is 6.07 Å².